The molecule has 3 heterocycles. The second kappa shape index (κ2) is 6.09. The smallest absolute Gasteiger partial charge is 0.304 e. The van der Waals surface area contributed by atoms with Crippen LogP contribution < -0.4 is 0 Å². The van der Waals surface area contributed by atoms with Crippen molar-refractivity contribution in [1.82, 2.24) is 15.0 Å². The van der Waals surface area contributed by atoms with Gasteiger partial charge in [0.15, 0.2) is 11.6 Å². The van der Waals surface area contributed by atoms with Crippen LogP contribution in [-0.4, -0.2) is 38.7 Å². The molecule has 1 aliphatic rings. The second-order valence-electron chi connectivity index (χ2n) is 5.21. The Hall–Kier alpha value is -2.15. The molecule has 0 saturated carbocycles. The van der Waals surface area contributed by atoms with Crippen molar-refractivity contribution in [3.63, 3.8) is 0 Å². The van der Waals surface area contributed by atoms with Crippen molar-refractivity contribution >= 4 is 5.97 Å². The van der Waals surface area contributed by atoms with Crippen LogP contribution in [0.2, 0.25) is 0 Å². The van der Waals surface area contributed by atoms with E-state index in [9.17, 15) is 4.79 Å². The lowest BCUT2D eigenvalue weighted by Crippen LogP contribution is -2.40. The van der Waals surface area contributed by atoms with Crippen LogP contribution in [-0.2, 0) is 11.3 Å². The van der Waals surface area contributed by atoms with Crippen molar-refractivity contribution in [3.05, 3.63) is 24.2 Å². The van der Waals surface area contributed by atoms with E-state index in [4.69, 9.17) is 14.0 Å². The minimum Gasteiger partial charge on any atom is -0.481 e. The van der Waals surface area contributed by atoms with Gasteiger partial charge in [0.2, 0.25) is 0 Å². The molecule has 1 aliphatic heterocycles. The number of carboxylic acid groups (broad SMARTS) is 1. The molecule has 2 aromatic heterocycles. The third-order valence-electron chi connectivity index (χ3n) is 3.70. The van der Waals surface area contributed by atoms with Gasteiger partial charge in [-0.05, 0) is 31.5 Å². The summed E-state index contributed by atoms with van der Waals surface area (Å²) in [6.07, 6.45) is 4.74. The van der Waals surface area contributed by atoms with Crippen molar-refractivity contribution in [1.29, 1.82) is 0 Å². The van der Waals surface area contributed by atoms with Gasteiger partial charge in [0.25, 0.3) is 5.89 Å². The van der Waals surface area contributed by atoms with Crippen LogP contribution in [0.3, 0.4) is 0 Å². The summed E-state index contributed by atoms with van der Waals surface area (Å²) in [4.78, 5) is 17.4. The molecule has 2 aromatic rings. The van der Waals surface area contributed by atoms with Crippen molar-refractivity contribution in [2.24, 2.45) is 0 Å². The van der Waals surface area contributed by atoms with Crippen LogP contribution in [0, 0.1) is 0 Å². The zero-order valence-electron chi connectivity index (χ0n) is 11.6. The van der Waals surface area contributed by atoms with Gasteiger partial charge >= 0.3 is 5.97 Å². The highest BCUT2D eigenvalue weighted by atomic mass is 16.5. The summed E-state index contributed by atoms with van der Waals surface area (Å²) in [5.41, 5.74) is 0. The molecule has 0 bridgehead atoms. The van der Waals surface area contributed by atoms with Crippen LogP contribution in [0.25, 0.3) is 11.7 Å². The Bertz CT molecular complexity index is 593. The van der Waals surface area contributed by atoms with Crippen molar-refractivity contribution in [2.75, 3.05) is 6.54 Å². The SMILES string of the molecule is O=C(O)CC1CCCCN1Cc1noc(-c2ccco2)n1. The molecule has 21 heavy (non-hydrogen) atoms. The molecule has 3 rings (SSSR count). The fourth-order valence-electron chi connectivity index (χ4n) is 2.70. The second-order valence-corrected chi connectivity index (χ2v) is 5.21. The number of hydrogen-bond donors (Lipinski definition) is 1. The Morgan fingerprint density at radius 1 is 1.48 bits per heavy atom. The minimum atomic E-state index is -0.767. The summed E-state index contributed by atoms with van der Waals surface area (Å²) in [6, 6.07) is 3.56. The quantitative estimate of drug-likeness (QED) is 0.902. The first kappa shape index (κ1) is 13.8. The molecule has 1 saturated heterocycles. The van der Waals surface area contributed by atoms with Gasteiger partial charge in [0, 0.05) is 6.04 Å². The number of aromatic nitrogens is 2. The highest BCUT2D eigenvalue weighted by Crippen LogP contribution is 2.23. The van der Waals surface area contributed by atoms with Gasteiger partial charge in [0.1, 0.15) is 0 Å². The molecular weight excluding hydrogens is 274 g/mol. The largest absolute Gasteiger partial charge is 0.481 e. The molecule has 1 N–H and O–H groups in total. The lowest BCUT2D eigenvalue weighted by atomic mass is 9.99. The van der Waals surface area contributed by atoms with Crippen molar-refractivity contribution in [3.8, 4) is 11.7 Å². The Kier molecular flexibility index (Phi) is 4.01. The number of piperidine rings is 1. The van der Waals surface area contributed by atoms with E-state index < -0.39 is 5.97 Å². The fourth-order valence-corrected chi connectivity index (χ4v) is 2.70. The Balaban J connectivity index is 1.68. The molecule has 1 fully saturated rings. The van der Waals surface area contributed by atoms with Crippen LogP contribution in [0.4, 0.5) is 0 Å². The molecular formula is C14H17N3O4. The summed E-state index contributed by atoms with van der Waals surface area (Å²) in [5.74, 6) is 0.672. The highest BCUT2D eigenvalue weighted by molar-refractivity contribution is 5.67. The number of furan rings is 1. The van der Waals surface area contributed by atoms with Crippen LogP contribution in [0.15, 0.2) is 27.3 Å². The summed E-state index contributed by atoms with van der Waals surface area (Å²) in [7, 11) is 0. The standard InChI is InChI=1S/C14H17N3O4/c18-13(19)8-10-4-1-2-6-17(10)9-12-15-14(21-16-12)11-5-3-7-20-11/h3,5,7,10H,1-2,4,6,8-9H2,(H,18,19). The first-order valence-corrected chi connectivity index (χ1v) is 7.04. The first-order chi connectivity index (χ1) is 10.2. The number of carboxylic acids is 1. The molecule has 1 unspecified atom stereocenters. The van der Waals surface area contributed by atoms with Gasteiger partial charge < -0.3 is 14.0 Å². The van der Waals surface area contributed by atoms with Gasteiger partial charge in [-0.25, -0.2) is 0 Å². The average Bonchev–Trinajstić information content (AvgIpc) is 3.11. The normalized spacial score (nSPS) is 19.7. The van der Waals surface area contributed by atoms with Crippen molar-refractivity contribution < 1.29 is 18.8 Å². The molecule has 7 heteroatoms. The third kappa shape index (κ3) is 3.30. The fraction of sp³-hybridized carbons (Fsp3) is 0.500. The molecule has 0 spiro atoms. The number of carbonyl (C=O) groups is 1. The number of aliphatic carboxylic acids is 1. The summed E-state index contributed by atoms with van der Waals surface area (Å²) in [6.45, 7) is 1.37. The Morgan fingerprint density at radius 3 is 3.14 bits per heavy atom. The van der Waals surface area contributed by atoms with Gasteiger partial charge in [-0.3, -0.25) is 9.69 Å². The molecule has 1 atom stereocenters. The number of rotatable bonds is 5. The predicted molar refractivity (Wildman–Crippen MR) is 72.3 cm³/mol. The summed E-state index contributed by atoms with van der Waals surface area (Å²) in [5, 5.41) is 12.9. The molecule has 0 radical (unpaired) electrons. The third-order valence-corrected chi connectivity index (χ3v) is 3.70. The zero-order chi connectivity index (χ0) is 14.7. The molecule has 0 aromatic carbocycles. The van der Waals surface area contributed by atoms with Crippen LogP contribution >= 0.6 is 0 Å². The van der Waals surface area contributed by atoms with E-state index >= 15 is 0 Å². The van der Waals surface area contributed by atoms with E-state index in [1.807, 2.05) is 0 Å². The zero-order valence-corrected chi connectivity index (χ0v) is 11.6. The van der Waals surface area contributed by atoms with E-state index in [1.165, 1.54) is 0 Å². The van der Waals surface area contributed by atoms with E-state index in [1.54, 1.807) is 18.4 Å². The number of nitrogens with zero attached hydrogens (tertiary/aromatic N) is 3. The lowest BCUT2D eigenvalue weighted by molar-refractivity contribution is -0.138. The summed E-state index contributed by atoms with van der Waals surface area (Å²) < 4.78 is 10.4. The molecule has 0 aliphatic carbocycles. The van der Waals surface area contributed by atoms with E-state index in [-0.39, 0.29) is 12.5 Å². The highest BCUT2D eigenvalue weighted by Gasteiger charge is 2.26. The van der Waals surface area contributed by atoms with E-state index in [0.717, 1.165) is 25.8 Å². The average molecular weight is 291 g/mol. The minimum absolute atomic E-state index is 0.0433. The maximum atomic E-state index is 10.9. The Morgan fingerprint density at radius 2 is 2.38 bits per heavy atom. The van der Waals surface area contributed by atoms with Gasteiger partial charge in [-0.2, -0.15) is 4.98 Å². The van der Waals surface area contributed by atoms with E-state index in [2.05, 4.69) is 15.0 Å². The topological polar surface area (TPSA) is 92.6 Å². The van der Waals surface area contributed by atoms with Crippen molar-refractivity contribution in [2.45, 2.75) is 38.3 Å². The number of likely N-dealkylation sites (tertiary alicyclic amines) is 1. The number of hydrogen-bond acceptors (Lipinski definition) is 6. The molecule has 7 nitrogen and oxygen atoms in total. The monoisotopic (exact) mass is 291 g/mol. The maximum absolute atomic E-state index is 10.9. The van der Waals surface area contributed by atoms with Crippen LogP contribution in [0.5, 0.6) is 0 Å². The maximum Gasteiger partial charge on any atom is 0.304 e. The summed E-state index contributed by atoms with van der Waals surface area (Å²) >= 11 is 0. The first-order valence-electron chi connectivity index (χ1n) is 7.04. The van der Waals surface area contributed by atoms with Gasteiger partial charge in [-0.15, -0.1) is 0 Å². The molecule has 0 amide bonds. The van der Waals surface area contributed by atoms with Gasteiger partial charge in [0.05, 0.1) is 19.2 Å². The van der Waals surface area contributed by atoms with E-state index in [0.29, 0.717) is 24.0 Å². The van der Waals surface area contributed by atoms with Gasteiger partial charge in [-0.1, -0.05) is 11.6 Å². The predicted octanol–water partition coefficient (Wildman–Crippen LogP) is 2.16. The lowest BCUT2D eigenvalue weighted by Gasteiger charge is -2.33. The molecule has 112 valence electrons. The van der Waals surface area contributed by atoms with Crippen LogP contribution in [0.1, 0.15) is 31.5 Å². The Labute approximate surface area is 121 Å².